The van der Waals surface area contributed by atoms with E-state index < -0.39 is 0 Å². The third-order valence-corrected chi connectivity index (χ3v) is 4.33. The van der Waals surface area contributed by atoms with Gasteiger partial charge in [0, 0.05) is 32.3 Å². The van der Waals surface area contributed by atoms with Crippen LogP contribution in [0.25, 0.3) is 5.65 Å². The fourth-order valence-corrected chi connectivity index (χ4v) is 2.90. The Labute approximate surface area is 157 Å². The summed E-state index contributed by atoms with van der Waals surface area (Å²) in [6.45, 7) is 9.21. The number of hydrogen-bond donors (Lipinski definition) is 2. The number of aliphatic imine (C=N–C) groups is 1. The molecule has 2 aromatic rings. The Bertz CT molecular complexity index is 661. The summed E-state index contributed by atoms with van der Waals surface area (Å²) in [6.07, 6.45) is 9.23. The molecule has 2 rings (SSSR count). The van der Waals surface area contributed by atoms with Crippen molar-refractivity contribution in [2.24, 2.45) is 10.9 Å². The molecule has 2 heterocycles. The third kappa shape index (κ3) is 7.02. The molecule has 2 N–H and O–H groups in total. The Morgan fingerprint density at radius 2 is 1.96 bits per heavy atom. The second kappa shape index (κ2) is 11.5. The molecule has 0 bridgehead atoms. The van der Waals surface area contributed by atoms with Gasteiger partial charge in [0.1, 0.15) is 5.82 Å². The van der Waals surface area contributed by atoms with Crippen LogP contribution in [-0.4, -0.2) is 40.2 Å². The first-order valence-electron chi connectivity index (χ1n) is 10.0. The van der Waals surface area contributed by atoms with Gasteiger partial charge in [0.15, 0.2) is 11.6 Å². The molecule has 0 aliphatic heterocycles. The molecule has 0 amide bonds. The minimum absolute atomic E-state index is 0.788. The number of unbranched alkanes of at least 4 members (excludes halogenated alkanes) is 3. The van der Waals surface area contributed by atoms with Gasteiger partial charge in [0.05, 0.1) is 0 Å². The number of nitrogens with zero attached hydrogens (tertiary/aromatic N) is 4. The van der Waals surface area contributed by atoms with Gasteiger partial charge in [-0.3, -0.25) is 9.39 Å². The van der Waals surface area contributed by atoms with Gasteiger partial charge >= 0.3 is 0 Å². The van der Waals surface area contributed by atoms with Crippen LogP contribution in [0.4, 0.5) is 0 Å². The van der Waals surface area contributed by atoms with Crippen LogP contribution < -0.4 is 10.6 Å². The van der Waals surface area contributed by atoms with Gasteiger partial charge in [0.2, 0.25) is 0 Å². The predicted molar refractivity (Wildman–Crippen MR) is 109 cm³/mol. The maximum absolute atomic E-state index is 4.68. The fourth-order valence-electron chi connectivity index (χ4n) is 2.90. The van der Waals surface area contributed by atoms with E-state index in [1.807, 2.05) is 28.8 Å². The van der Waals surface area contributed by atoms with E-state index in [0.29, 0.717) is 0 Å². The average molecular weight is 359 g/mol. The lowest BCUT2D eigenvalue weighted by Gasteiger charge is -2.11. The van der Waals surface area contributed by atoms with Gasteiger partial charge in [-0.2, -0.15) is 0 Å². The Hall–Kier alpha value is -2.11. The molecule has 144 valence electrons. The summed E-state index contributed by atoms with van der Waals surface area (Å²) in [6, 6.07) is 5.95. The number of aromatic nitrogens is 3. The van der Waals surface area contributed by atoms with Crippen molar-refractivity contribution in [2.75, 3.05) is 19.6 Å². The molecular weight excluding hydrogens is 324 g/mol. The lowest BCUT2D eigenvalue weighted by Crippen LogP contribution is -2.38. The van der Waals surface area contributed by atoms with Crippen LogP contribution in [0.1, 0.15) is 58.7 Å². The van der Waals surface area contributed by atoms with Crippen molar-refractivity contribution in [1.82, 2.24) is 25.2 Å². The highest BCUT2D eigenvalue weighted by Gasteiger charge is 2.04. The zero-order chi connectivity index (χ0) is 18.6. The quantitative estimate of drug-likeness (QED) is 0.367. The summed E-state index contributed by atoms with van der Waals surface area (Å²) in [5.74, 6) is 2.68. The zero-order valence-electron chi connectivity index (χ0n) is 16.5. The summed E-state index contributed by atoms with van der Waals surface area (Å²) < 4.78 is 2.03. The summed E-state index contributed by atoms with van der Waals surface area (Å²) >= 11 is 0. The highest BCUT2D eigenvalue weighted by atomic mass is 15.2. The molecule has 0 saturated carbocycles. The van der Waals surface area contributed by atoms with Crippen molar-refractivity contribution in [3.63, 3.8) is 0 Å². The summed E-state index contributed by atoms with van der Waals surface area (Å²) in [7, 11) is 0. The molecule has 26 heavy (non-hydrogen) atoms. The summed E-state index contributed by atoms with van der Waals surface area (Å²) in [4.78, 5) is 4.68. The van der Waals surface area contributed by atoms with Crippen molar-refractivity contribution < 1.29 is 0 Å². The fraction of sp³-hybridized carbons (Fsp3) is 0.650. The number of pyridine rings is 1. The van der Waals surface area contributed by atoms with E-state index in [1.165, 1.54) is 25.7 Å². The zero-order valence-corrected chi connectivity index (χ0v) is 16.5. The Balaban J connectivity index is 1.70. The summed E-state index contributed by atoms with van der Waals surface area (Å²) in [5, 5.41) is 15.2. The van der Waals surface area contributed by atoms with Gasteiger partial charge in [-0.05, 0) is 31.4 Å². The highest BCUT2D eigenvalue weighted by Crippen LogP contribution is 2.09. The van der Waals surface area contributed by atoms with Crippen molar-refractivity contribution in [3.8, 4) is 0 Å². The van der Waals surface area contributed by atoms with Crippen LogP contribution >= 0.6 is 0 Å². The van der Waals surface area contributed by atoms with Gasteiger partial charge in [-0.15, -0.1) is 10.2 Å². The second-order valence-electron chi connectivity index (χ2n) is 7.08. The van der Waals surface area contributed by atoms with Crippen LogP contribution in [0.3, 0.4) is 0 Å². The Morgan fingerprint density at radius 1 is 1.12 bits per heavy atom. The molecule has 6 nitrogen and oxygen atoms in total. The van der Waals surface area contributed by atoms with Crippen LogP contribution in [0.15, 0.2) is 29.4 Å². The first-order valence-corrected chi connectivity index (χ1v) is 10.0. The predicted octanol–water partition coefficient (Wildman–Crippen LogP) is 3.43. The minimum atomic E-state index is 0.788. The number of nitrogens with one attached hydrogen (secondary N) is 2. The number of hydrogen-bond acceptors (Lipinski definition) is 3. The van der Waals surface area contributed by atoms with Crippen LogP contribution in [0.5, 0.6) is 0 Å². The lowest BCUT2D eigenvalue weighted by atomic mass is 10.0. The van der Waals surface area contributed by atoms with Gasteiger partial charge in [-0.1, -0.05) is 45.6 Å². The molecule has 0 radical (unpaired) electrons. The molecule has 0 saturated heterocycles. The van der Waals surface area contributed by atoms with Crippen molar-refractivity contribution >= 4 is 11.6 Å². The molecule has 0 fully saturated rings. The highest BCUT2D eigenvalue weighted by molar-refractivity contribution is 5.79. The molecule has 0 aliphatic carbocycles. The van der Waals surface area contributed by atoms with E-state index in [1.54, 1.807) is 0 Å². The maximum Gasteiger partial charge on any atom is 0.191 e. The molecular formula is C20H34N6. The maximum atomic E-state index is 4.68. The van der Waals surface area contributed by atoms with Crippen LogP contribution in [0, 0.1) is 5.92 Å². The van der Waals surface area contributed by atoms with Crippen LogP contribution in [0.2, 0.25) is 0 Å². The van der Waals surface area contributed by atoms with E-state index in [4.69, 9.17) is 0 Å². The van der Waals surface area contributed by atoms with Crippen molar-refractivity contribution in [2.45, 2.75) is 59.3 Å². The van der Waals surface area contributed by atoms with Crippen LogP contribution in [-0.2, 0) is 6.42 Å². The normalized spacial score (nSPS) is 12.1. The van der Waals surface area contributed by atoms with E-state index in [0.717, 1.165) is 55.8 Å². The van der Waals surface area contributed by atoms with E-state index in [9.17, 15) is 0 Å². The molecule has 0 unspecified atom stereocenters. The molecule has 6 heteroatoms. The molecule has 0 aromatic carbocycles. The van der Waals surface area contributed by atoms with E-state index in [2.05, 4.69) is 46.6 Å². The number of guanidine groups is 1. The first-order chi connectivity index (χ1) is 12.7. The Kier molecular flexibility index (Phi) is 8.93. The molecule has 0 spiro atoms. The van der Waals surface area contributed by atoms with E-state index in [-0.39, 0.29) is 0 Å². The lowest BCUT2D eigenvalue weighted by molar-refractivity contribution is 0.521. The SMILES string of the molecule is CCNC(=NCCCCCCC(C)C)NCCc1nnc2ccccn12. The Morgan fingerprint density at radius 3 is 2.77 bits per heavy atom. The standard InChI is InChI=1S/C20H34N6/c1-4-21-20(22-14-9-6-5-7-11-17(2)3)23-15-13-19-25-24-18-12-8-10-16-26(18)19/h8,10,12,16-17H,4-7,9,11,13-15H2,1-3H3,(H2,21,22,23). The topological polar surface area (TPSA) is 66.6 Å². The summed E-state index contributed by atoms with van der Waals surface area (Å²) in [5.41, 5.74) is 0.889. The second-order valence-corrected chi connectivity index (χ2v) is 7.08. The largest absolute Gasteiger partial charge is 0.357 e. The number of rotatable bonds is 11. The minimum Gasteiger partial charge on any atom is -0.357 e. The van der Waals surface area contributed by atoms with Crippen molar-refractivity contribution in [1.29, 1.82) is 0 Å². The third-order valence-electron chi connectivity index (χ3n) is 4.33. The number of fused-ring (bicyclic) bond motifs is 1. The first kappa shape index (κ1) is 20.2. The van der Waals surface area contributed by atoms with Gasteiger partial charge in [0.25, 0.3) is 0 Å². The van der Waals surface area contributed by atoms with Crippen molar-refractivity contribution in [3.05, 3.63) is 30.2 Å². The average Bonchev–Trinajstić information content (AvgIpc) is 3.04. The van der Waals surface area contributed by atoms with Gasteiger partial charge in [-0.25, -0.2) is 0 Å². The monoisotopic (exact) mass is 358 g/mol. The smallest absolute Gasteiger partial charge is 0.191 e. The van der Waals surface area contributed by atoms with E-state index >= 15 is 0 Å². The molecule has 0 atom stereocenters. The molecule has 2 aromatic heterocycles. The molecule has 0 aliphatic rings. The van der Waals surface area contributed by atoms with Gasteiger partial charge < -0.3 is 10.6 Å².